The Morgan fingerprint density at radius 2 is 1.53 bits per heavy atom. The van der Waals surface area contributed by atoms with Gasteiger partial charge in [0.05, 0.1) is 16.5 Å². The van der Waals surface area contributed by atoms with Crippen molar-refractivity contribution in [3.05, 3.63) is 94.5 Å². The van der Waals surface area contributed by atoms with Gasteiger partial charge in [-0.3, -0.25) is 9.59 Å². The monoisotopic (exact) mass is 494 g/mol. The first-order valence-corrected chi connectivity index (χ1v) is 10.6. The maximum absolute atomic E-state index is 13.9. The lowest BCUT2D eigenvalue weighted by atomic mass is 10.1. The number of benzene rings is 3. The van der Waals surface area contributed by atoms with E-state index in [0.717, 1.165) is 17.7 Å². The van der Waals surface area contributed by atoms with Gasteiger partial charge in [0.15, 0.2) is 0 Å². The molecule has 1 saturated carbocycles. The number of hydrogen-bond acceptors (Lipinski definition) is 2. The molecule has 0 radical (unpaired) electrons. The molecular formula is C23H15Cl3F2N2O2. The Balaban J connectivity index is 1.52. The highest BCUT2D eigenvalue weighted by Crippen LogP contribution is 2.65. The van der Waals surface area contributed by atoms with Crippen molar-refractivity contribution in [3.8, 4) is 0 Å². The molecule has 1 aliphatic carbocycles. The average Bonchev–Trinajstić information content (AvgIpc) is 3.34. The zero-order valence-corrected chi connectivity index (χ0v) is 18.5. The summed E-state index contributed by atoms with van der Waals surface area (Å²) in [6.07, 6.45) is 0. The molecule has 2 N–H and O–H groups in total. The van der Waals surface area contributed by atoms with Gasteiger partial charge in [0.1, 0.15) is 21.7 Å². The molecule has 3 aromatic carbocycles. The van der Waals surface area contributed by atoms with Crippen LogP contribution in [0.15, 0.2) is 66.7 Å². The first-order chi connectivity index (χ1) is 15.2. The minimum atomic E-state index is -1.26. The second-order valence-corrected chi connectivity index (χ2v) is 9.13. The number of alkyl halides is 2. The third-order valence-corrected chi connectivity index (χ3v) is 6.44. The average molecular weight is 496 g/mol. The van der Waals surface area contributed by atoms with E-state index in [2.05, 4.69) is 10.6 Å². The minimum Gasteiger partial charge on any atom is -0.326 e. The summed E-state index contributed by atoms with van der Waals surface area (Å²) in [5, 5.41) is 4.88. The Morgan fingerprint density at radius 1 is 0.875 bits per heavy atom. The van der Waals surface area contributed by atoms with Gasteiger partial charge >= 0.3 is 0 Å². The Bertz CT molecular complexity index is 1180. The number of nitrogens with one attached hydrogen (secondary N) is 2. The molecule has 4 rings (SSSR count). The Kier molecular flexibility index (Phi) is 6.12. The van der Waals surface area contributed by atoms with Crippen LogP contribution in [0.2, 0.25) is 5.02 Å². The molecule has 164 valence electrons. The standard InChI is InChI=1S/C23H15Cl3F2N2O2/c24-15-10-9-13(11-14(15)21(31)30-20-16(27)7-4-8-17(20)28)29-22(32)19-18(23(19,25)26)12-5-2-1-3-6-12/h1-11,18-19H,(H,29,32)(H,30,31). The zero-order valence-electron chi connectivity index (χ0n) is 16.2. The number of carbonyl (C=O) groups is 2. The van der Waals surface area contributed by atoms with Crippen molar-refractivity contribution in [2.24, 2.45) is 5.92 Å². The third kappa shape index (κ3) is 4.31. The van der Waals surface area contributed by atoms with Crippen LogP contribution in [0.3, 0.4) is 0 Å². The minimum absolute atomic E-state index is 0.0369. The van der Waals surface area contributed by atoms with E-state index in [-0.39, 0.29) is 22.2 Å². The predicted octanol–water partition coefficient (Wildman–Crippen LogP) is 6.40. The van der Waals surface area contributed by atoms with Crippen molar-refractivity contribution >= 4 is 58.0 Å². The van der Waals surface area contributed by atoms with E-state index in [1.54, 1.807) is 0 Å². The number of halogens is 5. The van der Waals surface area contributed by atoms with E-state index in [1.165, 1.54) is 24.3 Å². The lowest BCUT2D eigenvalue weighted by Crippen LogP contribution is -2.18. The van der Waals surface area contributed by atoms with Crippen LogP contribution in [-0.4, -0.2) is 16.1 Å². The molecule has 0 aliphatic heterocycles. The molecule has 0 heterocycles. The fraction of sp³-hybridized carbons (Fsp3) is 0.130. The second kappa shape index (κ2) is 8.70. The largest absolute Gasteiger partial charge is 0.326 e. The molecule has 0 bridgehead atoms. The molecule has 1 aliphatic rings. The van der Waals surface area contributed by atoms with Crippen LogP contribution < -0.4 is 10.6 Å². The molecule has 1 fully saturated rings. The molecule has 2 amide bonds. The molecule has 4 nitrogen and oxygen atoms in total. The van der Waals surface area contributed by atoms with Gasteiger partial charge in [-0.1, -0.05) is 48.0 Å². The molecule has 9 heteroatoms. The molecule has 2 atom stereocenters. The van der Waals surface area contributed by atoms with Crippen LogP contribution in [0.1, 0.15) is 21.8 Å². The van der Waals surface area contributed by atoms with E-state index < -0.39 is 39.4 Å². The summed E-state index contributed by atoms with van der Waals surface area (Å²) in [6, 6.07) is 16.6. The van der Waals surface area contributed by atoms with Crippen LogP contribution in [0, 0.1) is 17.6 Å². The molecule has 2 unspecified atom stereocenters. The fourth-order valence-electron chi connectivity index (χ4n) is 3.52. The molecule has 0 saturated heterocycles. The molecule has 3 aromatic rings. The number of amides is 2. The highest BCUT2D eigenvalue weighted by molar-refractivity contribution is 6.53. The SMILES string of the molecule is O=C(Nc1c(F)cccc1F)c1cc(NC(=O)C2C(c3ccccc3)C2(Cl)Cl)ccc1Cl. The summed E-state index contributed by atoms with van der Waals surface area (Å²) in [6.45, 7) is 0. The first kappa shape index (κ1) is 22.5. The van der Waals surface area contributed by atoms with Crippen LogP contribution in [-0.2, 0) is 4.79 Å². The molecule has 0 spiro atoms. The smallest absolute Gasteiger partial charge is 0.257 e. The van der Waals surface area contributed by atoms with Gasteiger partial charge in [0, 0.05) is 11.6 Å². The van der Waals surface area contributed by atoms with Gasteiger partial charge in [-0.15, -0.1) is 23.2 Å². The van der Waals surface area contributed by atoms with E-state index in [0.29, 0.717) is 0 Å². The van der Waals surface area contributed by atoms with Crippen molar-refractivity contribution in [3.63, 3.8) is 0 Å². The summed E-state index contributed by atoms with van der Waals surface area (Å²) in [4.78, 5) is 25.4. The number of anilines is 2. The number of rotatable bonds is 5. The van der Waals surface area contributed by atoms with E-state index >= 15 is 0 Å². The van der Waals surface area contributed by atoms with Gasteiger partial charge in [-0.2, -0.15) is 0 Å². The molecule has 32 heavy (non-hydrogen) atoms. The maximum atomic E-state index is 13.9. The van der Waals surface area contributed by atoms with Crippen molar-refractivity contribution in [2.45, 2.75) is 10.3 Å². The molecular weight excluding hydrogens is 481 g/mol. The quantitative estimate of drug-likeness (QED) is 0.403. The summed E-state index contributed by atoms with van der Waals surface area (Å²) in [7, 11) is 0. The summed E-state index contributed by atoms with van der Waals surface area (Å²) >= 11 is 18.8. The zero-order chi connectivity index (χ0) is 23.0. The second-order valence-electron chi connectivity index (χ2n) is 7.28. The predicted molar refractivity (Wildman–Crippen MR) is 122 cm³/mol. The Morgan fingerprint density at radius 3 is 2.19 bits per heavy atom. The highest BCUT2D eigenvalue weighted by Gasteiger charge is 2.67. The van der Waals surface area contributed by atoms with Crippen LogP contribution in [0.25, 0.3) is 0 Å². The summed E-state index contributed by atoms with van der Waals surface area (Å²) in [5.74, 6) is -4.22. The van der Waals surface area contributed by atoms with Gasteiger partial charge < -0.3 is 10.6 Å². The van der Waals surface area contributed by atoms with Gasteiger partial charge in [0.2, 0.25) is 5.91 Å². The summed E-state index contributed by atoms with van der Waals surface area (Å²) in [5.41, 5.74) is 0.411. The van der Waals surface area contributed by atoms with Gasteiger partial charge in [-0.05, 0) is 35.9 Å². The third-order valence-electron chi connectivity index (χ3n) is 5.17. The van der Waals surface area contributed by atoms with Crippen molar-refractivity contribution in [2.75, 3.05) is 10.6 Å². The van der Waals surface area contributed by atoms with E-state index in [4.69, 9.17) is 34.8 Å². The lowest BCUT2D eigenvalue weighted by molar-refractivity contribution is -0.117. The first-order valence-electron chi connectivity index (χ1n) is 9.48. The van der Waals surface area contributed by atoms with Crippen molar-refractivity contribution in [1.29, 1.82) is 0 Å². The topological polar surface area (TPSA) is 58.2 Å². The number of hydrogen-bond donors (Lipinski definition) is 2. The van der Waals surface area contributed by atoms with E-state index in [9.17, 15) is 18.4 Å². The Labute approximate surface area is 197 Å². The van der Waals surface area contributed by atoms with Crippen molar-refractivity contribution in [1.82, 2.24) is 0 Å². The summed E-state index contributed by atoms with van der Waals surface area (Å²) < 4.78 is 26.4. The van der Waals surface area contributed by atoms with Crippen LogP contribution in [0.4, 0.5) is 20.2 Å². The highest BCUT2D eigenvalue weighted by atomic mass is 35.5. The maximum Gasteiger partial charge on any atom is 0.257 e. The number of para-hydroxylation sites is 1. The van der Waals surface area contributed by atoms with Crippen LogP contribution in [0.5, 0.6) is 0 Å². The fourth-order valence-corrected chi connectivity index (χ4v) is 4.55. The van der Waals surface area contributed by atoms with Crippen molar-refractivity contribution < 1.29 is 18.4 Å². The van der Waals surface area contributed by atoms with Crippen LogP contribution >= 0.6 is 34.8 Å². The van der Waals surface area contributed by atoms with Gasteiger partial charge in [-0.25, -0.2) is 8.78 Å². The van der Waals surface area contributed by atoms with E-state index in [1.807, 2.05) is 30.3 Å². The normalized spacial score (nSPS) is 18.7. The molecule has 0 aromatic heterocycles. The lowest BCUT2D eigenvalue weighted by Gasteiger charge is -2.11. The Hall–Kier alpha value is -2.67. The van der Waals surface area contributed by atoms with Gasteiger partial charge in [0.25, 0.3) is 5.91 Å². The number of carbonyl (C=O) groups excluding carboxylic acids is 2.